The first kappa shape index (κ1) is 11.4. The second kappa shape index (κ2) is 5.31. The average Bonchev–Trinajstić information content (AvgIpc) is 2.32. The molecule has 0 saturated carbocycles. The van der Waals surface area contributed by atoms with E-state index in [9.17, 15) is 0 Å². The van der Waals surface area contributed by atoms with Crippen LogP contribution >= 0.6 is 0 Å². The monoisotopic (exact) mass is 215 g/mol. The Morgan fingerprint density at radius 2 is 2.12 bits per heavy atom. The number of hydrogen-bond acceptors (Lipinski definition) is 1. The third-order valence-corrected chi connectivity index (χ3v) is 3.55. The van der Waals surface area contributed by atoms with Crippen LogP contribution in [-0.2, 0) is 6.42 Å². The quantitative estimate of drug-likeness (QED) is 0.748. The summed E-state index contributed by atoms with van der Waals surface area (Å²) in [7, 11) is 2.22. The average molecular weight is 215 g/mol. The highest BCUT2D eigenvalue weighted by Gasteiger charge is 2.16. The molecule has 0 radical (unpaired) electrons. The molecule has 0 atom stereocenters. The van der Waals surface area contributed by atoms with Crippen molar-refractivity contribution in [3.8, 4) is 0 Å². The summed E-state index contributed by atoms with van der Waals surface area (Å²) in [6.07, 6.45) is 5.84. The number of piperidine rings is 1. The molecule has 1 nitrogen and oxygen atoms in total. The second-order valence-electron chi connectivity index (χ2n) is 4.90. The van der Waals surface area contributed by atoms with Crippen molar-refractivity contribution in [3.05, 3.63) is 42.0 Å². The van der Waals surface area contributed by atoms with E-state index in [4.69, 9.17) is 0 Å². The van der Waals surface area contributed by atoms with Crippen LogP contribution in [0.3, 0.4) is 0 Å². The maximum atomic E-state index is 3.82. The van der Waals surface area contributed by atoms with Crippen LogP contribution in [0, 0.1) is 5.92 Å². The van der Waals surface area contributed by atoms with E-state index in [1.165, 1.54) is 43.5 Å². The van der Waals surface area contributed by atoms with E-state index >= 15 is 0 Å². The van der Waals surface area contributed by atoms with Crippen molar-refractivity contribution in [2.24, 2.45) is 5.92 Å². The van der Waals surface area contributed by atoms with Gasteiger partial charge in [-0.05, 0) is 56.4 Å². The smallest absolute Gasteiger partial charge is 0.00190 e. The summed E-state index contributed by atoms with van der Waals surface area (Å²) in [6.45, 7) is 6.33. The zero-order valence-corrected chi connectivity index (χ0v) is 10.2. The first-order valence-corrected chi connectivity index (χ1v) is 6.18. The van der Waals surface area contributed by atoms with Crippen LogP contribution in [0.15, 0.2) is 30.8 Å². The third-order valence-electron chi connectivity index (χ3n) is 3.55. The highest BCUT2D eigenvalue weighted by Crippen LogP contribution is 2.21. The summed E-state index contributed by atoms with van der Waals surface area (Å²) in [5.41, 5.74) is 2.71. The number of nitrogens with zero attached hydrogens (tertiary/aromatic N) is 1. The number of rotatable bonds is 3. The lowest BCUT2D eigenvalue weighted by Gasteiger charge is -2.29. The summed E-state index contributed by atoms with van der Waals surface area (Å²) >= 11 is 0. The lowest BCUT2D eigenvalue weighted by molar-refractivity contribution is 0.219. The molecule has 0 unspecified atom stereocenters. The van der Waals surface area contributed by atoms with Crippen LogP contribution in [0.1, 0.15) is 24.0 Å². The minimum atomic E-state index is 0.872. The van der Waals surface area contributed by atoms with E-state index < -0.39 is 0 Å². The van der Waals surface area contributed by atoms with E-state index in [1.54, 1.807) is 0 Å². The lowest BCUT2D eigenvalue weighted by Crippen LogP contribution is -2.30. The van der Waals surface area contributed by atoms with Crippen molar-refractivity contribution in [3.63, 3.8) is 0 Å². The fourth-order valence-electron chi connectivity index (χ4n) is 2.45. The van der Waals surface area contributed by atoms with E-state index in [2.05, 4.69) is 42.8 Å². The molecule has 86 valence electrons. The van der Waals surface area contributed by atoms with Gasteiger partial charge < -0.3 is 4.90 Å². The standard InChI is InChI=1S/C15H21N/c1-3-13-5-4-6-15(11-13)12-14-7-9-16(2)10-8-14/h3-6,11,14H,1,7-10,12H2,2H3. The van der Waals surface area contributed by atoms with Gasteiger partial charge in [0.25, 0.3) is 0 Å². The molecule has 1 aliphatic rings. The molecule has 0 spiro atoms. The minimum absolute atomic E-state index is 0.872. The van der Waals surface area contributed by atoms with Gasteiger partial charge >= 0.3 is 0 Å². The molecule has 16 heavy (non-hydrogen) atoms. The Balaban J connectivity index is 1.95. The van der Waals surface area contributed by atoms with Crippen molar-refractivity contribution >= 4 is 6.08 Å². The van der Waals surface area contributed by atoms with Gasteiger partial charge in [-0.15, -0.1) is 0 Å². The fourth-order valence-corrected chi connectivity index (χ4v) is 2.45. The molecule has 1 aromatic carbocycles. The molecular weight excluding hydrogens is 194 g/mol. The molecule has 0 N–H and O–H groups in total. The number of benzene rings is 1. The van der Waals surface area contributed by atoms with Crippen LogP contribution in [0.4, 0.5) is 0 Å². The molecule has 2 rings (SSSR count). The molecule has 1 heteroatoms. The van der Waals surface area contributed by atoms with Crippen molar-refractivity contribution < 1.29 is 0 Å². The molecule has 1 heterocycles. The molecule has 0 aromatic heterocycles. The summed E-state index contributed by atoms with van der Waals surface area (Å²) in [4.78, 5) is 2.43. The summed E-state index contributed by atoms with van der Waals surface area (Å²) in [5.74, 6) is 0.872. The number of hydrogen-bond donors (Lipinski definition) is 0. The first-order chi connectivity index (χ1) is 7.78. The zero-order chi connectivity index (χ0) is 11.4. The van der Waals surface area contributed by atoms with Crippen LogP contribution in [-0.4, -0.2) is 25.0 Å². The summed E-state index contributed by atoms with van der Waals surface area (Å²) in [5, 5.41) is 0. The van der Waals surface area contributed by atoms with Gasteiger partial charge in [-0.3, -0.25) is 0 Å². The first-order valence-electron chi connectivity index (χ1n) is 6.18. The van der Waals surface area contributed by atoms with Crippen LogP contribution in [0.25, 0.3) is 6.08 Å². The predicted molar refractivity (Wildman–Crippen MR) is 70.5 cm³/mol. The van der Waals surface area contributed by atoms with Crippen molar-refractivity contribution in [2.75, 3.05) is 20.1 Å². The molecular formula is C15H21N. The fraction of sp³-hybridized carbons (Fsp3) is 0.467. The van der Waals surface area contributed by atoms with Gasteiger partial charge in [-0.1, -0.05) is 36.9 Å². The normalized spacial score (nSPS) is 18.6. The lowest BCUT2D eigenvalue weighted by atomic mass is 9.90. The van der Waals surface area contributed by atoms with Crippen molar-refractivity contribution in [1.29, 1.82) is 0 Å². The van der Waals surface area contributed by atoms with Gasteiger partial charge in [0, 0.05) is 0 Å². The van der Waals surface area contributed by atoms with Gasteiger partial charge in [0.1, 0.15) is 0 Å². The Morgan fingerprint density at radius 1 is 1.38 bits per heavy atom. The molecule has 1 fully saturated rings. The van der Waals surface area contributed by atoms with Gasteiger partial charge in [-0.2, -0.15) is 0 Å². The third kappa shape index (κ3) is 2.96. The second-order valence-corrected chi connectivity index (χ2v) is 4.90. The molecule has 1 saturated heterocycles. The van der Waals surface area contributed by atoms with Gasteiger partial charge in [-0.25, -0.2) is 0 Å². The Labute approximate surface area is 98.8 Å². The van der Waals surface area contributed by atoms with Crippen LogP contribution in [0.5, 0.6) is 0 Å². The number of likely N-dealkylation sites (tertiary alicyclic amines) is 1. The van der Waals surface area contributed by atoms with E-state index in [1.807, 2.05) is 6.08 Å². The maximum Gasteiger partial charge on any atom is -0.00190 e. The van der Waals surface area contributed by atoms with Crippen molar-refractivity contribution in [1.82, 2.24) is 4.90 Å². The van der Waals surface area contributed by atoms with E-state index in [0.29, 0.717) is 0 Å². The molecule has 0 amide bonds. The zero-order valence-electron chi connectivity index (χ0n) is 10.2. The van der Waals surface area contributed by atoms with Gasteiger partial charge in [0.05, 0.1) is 0 Å². The van der Waals surface area contributed by atoms with Crippen LogP contribution in [0.2, 0.25) is 0 Å². The highest BCUT2D eigenvalue weighted by molar-refractivity contribution is 5.47. The largest absolute Gasteiger partial charge is 0.306 e. The Bertz CT molecular complexity index is 348. The van der Waals surface area contributed by atoms with Crippen LogP contribution < -0.4 is 0 Å². The topological polar surface area (TPSA) is 3.24 Å². The van der Waals surface area contributed by atoms with Crippen molar-refractivity contribution in [2.45, 2.75) is 19.3 Å². The molecule has 1 aliphatic heterocycles. The molecule has 1 aromatic rings. The molecule has 0 aliphatic carbocycles. The maximum absolute atomic E-state index is 3.82. The Kier molecular flexibility index (Phi) is 3.79. The van der Waals surface area contributed by atoms with Gasteiger partial charge in [0.2, 0.25) is 0 Å². The molecule has 0 bridgehead atoms. The SMILES string of the molecule is C=Cc1cccc(CC2CCN(C)CC2)c1. The van der Waals surface area contributed by atoms with E-state index in [-0.39, 0.29) is 0 Å². The van der Waals surface area contributed by atoms with E-state index in [0.717, 1.165) is 5.92 Å². The van der Waals surface area contributed by atoms with Gasteiger partial charge in [0.15, 0.2) is 0 Å². The minimum Gasteiger partial charge on any atom is -0.306 e. The summed E-state index contributed by atoms with van der Waals surface area (Å²) < 4.78 is 0. The Hall–Kier alpha value is -1.08. The summed E-state index contributed by atoms with van der Waals surface area (Å²) in [6, 6.07) is 8.77. The Morgan fingerprint density at radius 3 is 2.81 bits per heavy atom. The highest BCUT2D eigenvalue weighted by atomic mass is 15.1. The predicted octanol–water partition coefficient (Wildman–Crippen LogP) is 3.21.